The van der Waals surface area contributed by atoms with Gasteiger partial charge in [-0.15, -0.1) is 17.3 Å². The first kappa shape index (κ1) is 27.6. The number of nitrogens with zero attached hydrogens (tertiary/aromatic N) is 1. The third-order valence-electron chi connectivity index (χ3n) is 6.11. The monoisotopic (exact) mass is 515 g/mol. The lowest BCUT2D eigenvalue weighted by molar-refractivity contribution is -0.148. The fourth-order valence-corrected chi connectivity index (χ4v) is 4.92. The number of ether oxygens (including phenoxy) is 1. The number of amides is 1. The summed E-state index contributed by atoms with van der Waals surface area (Å²) in [7, 11) is 1.31. The second-order valence-corrected chi connectivity index (χ2v) is 10.1. The molecule has 1 aromatic carbocycles. The maximum absolute atomic E-state index is 14.2. The van der Waals surface area contributed by atoms with Gasteiger partial charge in [0.25, 0.3) is 5.91 Å². The van der Waals surface area contributed by atoms with E-state index in [1.807, 2.05) is 37.3 Å². The topological polar surface area (TPSA) is 66.8 Å². The number of hydrogen-bond acceptors (Lipinski definition) is 5. The van der Waals surface area contributed by atoms with Crippen molar-refractivity contribution in [2.24, 2.45) is 5.92 Å². The van der Waals surface area contributed by atoms with Crippen molar-refractivity contribution in [1.29, 1.82) is 0 Å². The molecule has 0 aliphatic carbocycles. The lowest BCUT2D eigenvalue weighted by atomic mass is 9.99. The Morgan fingerprint density at radius 3 is 2.75 bits per heavy atom. The van der Waals surface area contributed by atoms with Crippen LogP contribution in [-0.2, 0) is 22.4 Å². The molecule has 36 heavy (non-hydrogen) atoms. The number of likely N-dealkylation sites (tertiary alicyclic amines) is 1. The van der Waals surface area contributed by atoms with Crippen LogP contribution in [0.1, 0.15) is 46.3 Å². The predicted molar refractivity (Wildman–Crippen MR) is 136 cm³/mol. The smallest absolute Gasteiger partial charge is 0.348 e. The number of halogens is 2. The summed E-state index contributed by atoms with van der Waals surface area (Å²) >= 11 is 1.29. The Labute approximate surface area is 214 Å². The third kappa shape index (κ3) is 7.49. The Balaban J connectivity index is 1.52. The van der Waals surface area contributed by atoms with Crippen LogP contribution in [0.3, 0.4) is 0 Å². The first-order chi connectivity index (χ1) is 17.2. The summed E-state index contributed by atoms with van der Waals surface area (Å²) in [4.78, 5) is 26.5. The van der Waals surface area contributed by atoms with Crippen molar-refractivity contribution in [1.82, 2.24) is 4.90 Å². The van der Waals surface area contributed by atoms with Gasteiger partial charge in [0.15, 0.2) is 0 Å². The number of benzene rings is 1. The number of thiophene rings is 1. The molecule has 2 aromatic rings. The Kier molecular flexibility index (Phi) is 9.80. The van der Waals surface area contributed by atoms with Crippen molar-refractivity contribution in [3.63, 3.8) is 0 Å². The lowest BCUT2D eigenvalue weighted by Gasteiger charge is -2.22. The first-order valence-electron chi connectivity index (χ1n) is 11.9. The zero-order valence-electron chi connectivity index (χ0n) is 20.5. The van der Waals surface area contributed by atoms with E-state index in [1.54, 1.807) is 12.1 Å². The molecule has 1 fully saturated rings. The zero-order chi connectivity index (χ0) is 26.1. The van der Waals surface area contributed by atoms with Gasteiger partial charge in [0, 0.05) is 30.7 Å². The van der Waals surface area contributed by atoms with Crippen LogP contribution in [0, 0.1) is 17.8 Å². The fraction of sp³-hybridized carbons (Fsp3) is 0.429. The second kappa shape index (κ2) is 12.8. The Morgan fingerprint density at radius 1 is 1.28 bits per heavy atom. The van der Waals surface area contributed by atoms with Crippen LogP contribution in [0.25, 0.3) is 0 Å². The largest absolute Gasteiger partial charge is 0.465 e. The van der Waals surface area contributed by atoms with Crippen LogP contribution in [0.15, 0.2) is 54.6 Å². The van der Waals surface area contributed by atoms with E-state index in [1.165, 1.54) is 35.5 Å². The minimum absolute atomic E-state index is 0.158. The zero-order valence-corrected chi connectivity index (χ0v) is 21.3. The molecule has 3 rings (SSSR count). The van der Waals surface area contributed by atoms with Crippen molar-refractivity contribution in [2.75, 3.05) is 13.7 Å². The van der Waals surface area contributed by atoms with Crippen molar-refractivity contribution < 1.29 is 28.2 Å². The quantitative estimate of drug-likeness (QED) is 0.278. The second-order valence-electron chi connectivity index (χ2n) is 8.91. The minimum Gasteiger partial charge on any atom is -0.465 e. The Bertz CT molecular complexity index is 1120. The van der Waals surface area contributed by atoms with Gasteiger partial charge in [-0.1, -0.05) is 55.3 Å². The number of aryl methyl sites for hydroxylation is 1. The molecule has 1 N–H and O–H groups in total. The maximum Gasteiger partial charge on any atom is 0.348 e. The van der Waals surface area contributed by atoms with Crippen LogP contribution >= 0.6 is 11.3 Å². The molecule has 1 saturated heterocycles. The van der Waals surface area contributed by atoms with Crippen molar-refractivity contribution in [3.05, 3.63) is 69.9 Å². The van der Waals surface area contributed by atoms with E-state index in [0.717, 1.165) is 10.4 Å². The number of hydrogen-bond donors (Lipinski definition) is 1. The molecular formula is C28H31F2NO4S. The summed E-state index contributed by atoms with van der Waals surface area (Å²) in [5.41, 5.74) is 1.12. The molecule has 8 heteroatoms. The molecule has 192 valence electrons. The van der Waals surface area contributed by atoms with Gasteiger partial charge in [0.2, 0.25) is 0 Å². The molecule has 1 aliphatic rings. The Hall–Kier alpha value is -3.02. The molecule has 0 saturated carbocycles. The molecule has 1 aliphatic heterocycles. The molecule has 1 amide bonds. The number of carbonyl (C=O) groups is 2. The summed E-state index contributed by atoms with van der Waals surface area (Å²) in [6, 6.07) is 12.5. The molecule has 2 heterocycles. The number of alkyl halides is 2. The molecular weight excluding hydrogens is 484 g/mol. The number of aliphatic hydroxyl groups is 1. The van der Waals surface area contributed by atoms with Gasteiger partial charge >= 0.3 is 11.9 Å². The van der Waals surface area contributed by atoms with E-state index in [2.05, 4.69) is 11.8 Å². The maximum atomic E-state index is 14.2. The fourth-order valence-electron chi connectivity index (χ4n) is 3.95. The van der Waals surface area contributed by atoms with Gasteiger partial charge in [-0.2, -0.15) is 8.78 Å². The van der Waals surface area contributed by atoms with Gasteiger partial charge in [0.05, 0.1) is 19.3 Å². The van der Waals surface area contributed by atoms with Crippen LogP contribution < -0.4 is 0 Å². The van der Waals surface area contributed by atoms with E-state index < -0.39 is 36.4 Å². The van der Waals surface area contributed by atoms with Crippen LogP contribution in [0.4, 0.5) is 8.78 Å². The number of methoxy groups -OCH3 is 1. The summed E-state index contributed by atoms with van der Waals surface area (Å²) in [6.07, 6.45) is 3.67. The predicted octanol–water partition coefficient (Wildman–Crippen LogP) is 4.89. The molecule has 0 bridgehead atoms. The molecule has 0 spiro atoms. The molecule has 1 aromatic heterocycles. The molecule has 1 unspecified atom stereocenters. The van der Waals surface area contributed by atoms with Crippen LogP contribution in [0.5, 0.6) is 0 Å². The first-order valence-corrected chi connectivity index (χ1v) is 12.7. The summed E-state index contributed by atoms with van der Waals surface area (Å²) in [5, 5.41) is 10.5. The molecule has 3 atom stereocenters. The van der Waals surface area contributed by atoms with Crippen LogP contribution in [0.2, 0.25) is 0 Å². The average Bonchev–Trinajstić information content (AvgIpc) is 3.43. The summed E-state index contributed by atoms with van der Waals surface area (Å²) in [6.45, 7) is 2.01. The number of rotatable bonds is 10. The third-order valence-corrected chi connectivity index (χ3v) is 7.23. The number of aliphatic hydroxyl groups excluding tert-OH is 1. The van der Waals surface area contributed by atoms with E-state index in [4.69, 9.17) is 4.74 Å². The highest BCUT2D eigenvalue weighted by atomic mass is 32.1. The van der Waals surface area contributed by atoms with Crippen molar-refractivity contribution >= 4 is 23.2 Å². The summed E-state index contributed by atoms with van der Waals surface area (Å²) < 4.78 is 33.1. The van der Waals surface area contributed by atoms with Crippen LogP contribution in [-0.4, -0.2) is 53.6 Å². The van der Waals surface area contributed by atoms with Crippen molar-refractivity contribution in [3.8, 4) is 11.8 Å². The summed E-state index contributed by atoms with van der Waals surface area (Å²) in [5.74, 6) is 0.958. The standard InChI is InChI=1S/C28H31F2NO4S/c1-20(9-6-7-12-21-10-4-3-5-11-21)24(32)16-14-22-19-28(29,30)27(34)31(22)18-8-13-23-15-17-25(36-23)26(33)35-2/h3-5,10-11,14-17,20,22,24,32H,8-9,12-13,18-19H2,1-2H3/t20-,22?,24+/m0/s1. The lowest BCUT2D eigenvalue weighted by Crippen LogP contribution is -2.36. The van der Waals surface area contributed by atoms with Gasteiger partial charge in [-0.05, 0) is 36.5 Å². The minimum atomic E-state index is -3.42. The van der Waals surface area contributed by atoms with Gasteiger partial charge in [0.1, 0.15) is 4.88 Å². The highest BCUT2D eigenvalue weighted by molar-refractivity contribution is 7.13. The molecule has 0 radical (unpaired) electrons. The van der Waals surface area contributed by atoms with Gasteiger partial charge < -0.3 is 14.7 Å². The highest BCUT2D eigenvalue weighted by Gasteiger charge is 2.52. The van der Waals surface area contributed by atoms with Gasteiger partial charge in [-0.25, -0.2) is 4.79 Å². The highest BCUT2D eigenvalue weighted by Crippen LogP contribution is 2.34. The molecule has 5 nitrogen and oxygen atoms in total. The van der Waals surface area contributed by atoms with E-state index in [9.17, 15) is 23.5 Å². The SMILES string of the molecule is COC(=O)c1ccc(CCCN2C(=O)C(F)(F)CC2C=C[C@@H](O)[C@@H](C)CC#CCc2ccccc2)s1. The van der Waals surface area contributed by atoms with Gasteiger partial charge in [-0.3, -0.25) is 4.79 Å². The van der Waals surface area contributed by atoms with E-state index in [-0.39, 0.29) is 12.5 Å². The van der Waals surface area contributed by atoms with E-state index in [0.29, 0.717) is 30.6 Å². The number of carbonyl (C=O) groups excluding carboxylic acids is 2. The normalized spacial score (nSPS) is 18.6. The number of esters is 1. The van der Waals surface area contributed by atoms with E-state index >= 15 is 0 Å². The Morgan fingerprint density at radius 2 is 2.03 bits per heavy atom. The average molecular weight is 516 g/mol. The van der Waals surface area contributed by atoms with Crippen molar-refractivity contribution in [2.45, 2.75) is 57.1 Å².